The SMILES string of the molecule is Cc1cnc(C2COCCN2C(=O)/C=C/c2ccccc2)[nH]1. The fourth-order valence-electron chi connectivity index (χ4n) is 2.52. The van der Waals surface area contributed by atoms with Crippen LogP contribution in [-0.2, 0) is 9.53 Å². The molecule has 0 radical (unpaired) electrons. The number of H-pyrrole nitrogens is 1. The molecule has 22 heavy (non-hydrogen) atoms. The van der Waals surface area contributed by atoms with Gasteiger partial charge in [0.15, 0.2) is 0 Å². The highest BCUT2D eigenvalue weighted by atomic mass is 16.5. The summed E-state index contributed by atoms with van der Waals surface area (Å²) in [5.74, 6) is 0.755. The number of ether oxygens (including phenoxy) is 1. The lowest BCUT2D eigenvalue weighted by atomic mass is 10.2. The first-order valence-electron chi connectivity index (χ1n) is 7.37. The minimum atomic E-state index is -0.157. The molecule has 1 N–H and O–H groups in total. The van der Waals surface area contributed by atoms with E-state index in [-0.39, 0.29) is 11.9 Å². The minimum absolute atomic E-state index is 0.0220. The Morgan fingerprint density at radius 3 is 2.95 bits per heavy atom. The number of aryl methyl sites for hydroxylation is 1. The lowest BCUT2D eigenvalue weighted by molar-refractivity contribution is -0.135. The number of nitrogens with zero attached hydrogens (tertiary/aromatic N) is 2. The van der Waals surface area contributed by atoms with E-state index >= 15 is 0 Å². The number of aromatic nitrogens is 2. The Kier molecular flexibility index (Phi) is 4.34. The molecule has 5 nitrogen and oxygen atoms in total. The molecular weight excluding hydrogens is 278 g/mol. The summed E-state index contributed by atoms with van der Waals surface area (Å²) in [4.78, 5) is 21.8. The van der Waals surface area contributed by atoms with Crippen molar-refractivity contribution in [1.29, 1.82) is 0 Å². The van der Waals surface area contributed by atoms with Crippen LogP contribution in [0.15, 0.2) is 42.6 Å². The third kappa shape index (κ3) is 3.26. The molecule has 0 aliphatic carbocycles. The minimum Gasteiger partial charge on any atom is -0.377 e. The van der Waals surface area contributed by atoms with E-state index in [0.29, 0.717) is 19.8 Å². The molecule has 1 aromatic heterocycles. The number of hydrogen-bond acceptors (Lipinski definition) is 3. The molecule has 5 heteroatoms. The van der Waals surface area contributed by atoms with Gasteiger partial charge in [-0.1, -0.05) is 30.3 Å². The summed E-state index contributed by atoms with van der Waals surface area (Å²) >= 11 is 0. The Morgan fingerprint density at radius 2 is 2.23 bits per heavy atom. The van der Waals surface area contributed by atoms with Gasteiger partial charge >= 0.3 is 0 Å². The molecule has 1 amide bonds. The van der Waals surface area contributed by atoms with Crippen molar-refractivity contribution < 1.29 is 9.53 Å². The van der Waals surface area contributed by atoms with Crippen LogP contribution in [0.25, 0.3) is 6.08 Å². The first-order chi connectivity index (χ1) is 10.7. The Labute approximate surface area is 129 Å². The molecule has 2 aromatic rings. The van der Waals surface area contributed by atoms with Crippen LogP contribution in [0.1, 0.15) is 23.1 Å². The van der Waals surface area contributed by atoms with Crippen LogP contribution in [-0.4, -0.2) is 40.5 Å². The fraction of sp³-hybridized carbons (Fsp3) is 0.294. The van der Waals surface area contributed by atoms with Gasteiger partial charge in [0.25, 0.3) is 0 Å². The number of carbonyl (C=O) groups excluding carboxylic acids is 1. The Balaban J connectivity index is 1.75. The zero-order valence-electron chi connectivity index (χ0n) is 12.5. The molecule has 0 bridgehead atoms. The summed E-state index contributed by atoms with van der Waals surface area (Å²) in [6.07, 6.45) is 5.22. The number of benzene rings is 1. The van der Waals surface area contributed by atoms with Gasteiger partial charge in [-0.3, -0.25) is 4.79 Å². The van der Waals surface area contributed by atoms with Gasteiger partial charge in [0.2, 0.25) is 5.91 Å². The Hall–Kier alpha value is -2.40. The normalized spacial score (nSPS) is 18.8. The molecule has 1 saturated heterocycles. The van der Waals surface area contributed by atoms with Crippen molar-refractivity contribution in [2.45, 2.75) is 13.0 Å². The topological polar surface area (TPSA) is 58.2 Å². The van der Waals surface area contributed by atoms with Gasteiger partial charge in [0, 0.05) is 24.5 Å². The predicted molar refractivity (Wildman–Crippen MR) is 84.1 cm³/mol. The number of carbonyl (C=O) groups is 1. The maximum atomic E-state index is 12.5. The van der Waals surface area contributed by atoms with Gasteiger partial charge in [-0.15, -0.1) is 0 Å². The smallest absolute Gasteiger partial charge is 0.247 e. The van der Waals surface area contributed by atoms with Gasteiger partial charge in [0.05, 0.1) is 13.2 Å². The standard InChI is InChI=1S/C17H19N3O2/c1-13-11-18-17(19-13)15-12-22-10-9-20(15)16(21)8-7-14-5-3-2-4-6-14/h2-8,11,15H,9-10,12H2,1H3,(H,18,19)/b8-7+. The number of rotatable bonds is 3. The zero-order valence-corrected chi connectivity index (χ0v) is 12.5. The van der Waals surface area contributed by atoms with Crippen LogP contribution in [0.4, 0.5) is 0 Å². The van der Waals surface area contributed by atoms with Gasteiger partial charge in [-0.2, -0.15) is 0 Å². The van der Waals surface area contributed by atoms with E-state index in [1.807, 2.05) is 43.3 Å². The van der Waals surface area contributed by atoms with Crippen molar-refractivity contribution in [3.05, 3.63) is 59.7 Å². The van der Waals surface area contributed by atoms with Gasteiger partial charge in [-0.25, -0.2) is 4.98 Å². The third-order valence-electron chi connectivity index (χ3n) is 3.67. The van der Waals surface area contributed by atoms with Crippen molar-refractivity contribution >= 4 is 12.0 Å². The van der Waals surface area contributed by atoms with Crippen LogP contribution in [0.2, 0.25) is 0 Å². The number of hydrogen-bond donors (Lipinski definition) is 1. The lowest BCUT2D eigenvalue weighted by Crippen LogP contribution is -2.43. The fourth-order valence-corrected chi connectivity index (χ4v) is 2.52. The molecule has 2 heterocycles. The number of imidazole rings is 1. The molecule has 1 atom stereocenters. The summed E-state index contributed by atoms with van der Waals surface area (Å²) in [5, 5.41) is 0. The van der Waals surface area contributed by atoms with Crippen LogP contribution < -0.4 is 0 Å². The average Bonchev–Trinajstić information content (AvgIpc) is 3.00. The molecule has 114 valence electrons. The lowest BCUT2D eigenvalue weighted by Gasteiger charge is -2.33. The Morgan fingerprint density at radius 1 is 1.41 bits per heavy atom. The van der Waals surface area contributed by atoms with E-state index in [1.165, 1.54) is 0 Å². The van der Waals surface area contributed by atoms with Crippen LogP contribution in [0.3, 0.4) is 0 Å². The van der Waals surface area contributed by atoms with Gasteiger partial charge < -0.3 is 14.6 Å². The van der Waals surface area contributed by atoms with Crippen molar-refractivity contribution in [2.24, 2.45) is 0 Å². The quantitative estimate of drug-likeness (QED) is 0.885. The summed E-state index contributed by atoms with van der Waals surface area (Å²) in [6.45, 7) is 3.54. The second-order valence-electron chi connectivity index (χ2n) is 5.32. The number of aromatic amines is 1. The molecule has 1 aliphatic heterocycles. The molecule has 1 aliphatic rings. The van der Waals surface area contributed by atoms with Crippen molar-refractivity contribution in [3.63, 3.8) is 0 Å². The largest absolute Gasteiger partial charge is 0.377 e. The van der Waals surface area contributed by atoms with Crippen LogP contribution in [0, 0.1) is 6.92 Å². The second kappa shape index (κ2) is 6.58. The highest BCUT2D eigenvalue weighted by Crippen LogP contribution is 2.22. The predicted octanol–water partition coefficient (Wildman–Crippen LogP) is 2.33. The van der Waals surface area contributed by atoms with Crippen LogP contribution in [0.5, 0.6) is 0 Å². The van der Waals surface area contributed by atoms with E-state index < -0.39 is 0 Å². The number of morpholine rings is 1. The molecule has 0 spiro atoms. The summed E-state index contributed by atoms with van der Waals surface area (Å²) in [5.41, 5.74) is 1.99. The van der Waals surface area contributed by atoms with Crippen molar-refractivity contribution in [2.75, 3.05) is 19.8 Å². The zero-order chi connectivity index (χ0) is 15.4. The van der Waals surface area contributed by atoms with E-state index in [4.69, 9.17) is 4.74 Å². The van der Waals surface area contributed by atoms with Crippen molar-refractivity contribution in [1.82, 2.24) is 14.9 Å². The van der Waals surface area contributed by atoms with E-state index in [2.05, 4.69) is 9.97 Å². The molecule has 1 fully saturated rings. The first-order valence-corrected chi connectivity index (χ1v) is 7.37. The molecule has 3 rings (SSSR count). The van der Waals surface area contributed by atoms with E-state index in [1.54, 1.807) is 17.2 Å². The molecule has 0 saturated carbocycles. The first kappa shape index (κ1) is 14.5. The summed E-state index contributed by atoms with van der Waals surface area (Å²) < 4.78 is 5.51. The average molecular weight is 297 g/mol. The van der Waals surface area contributed by atoms with Gasteiger partial charge in [0.1, 0.15) is 11.9 Å². The maximum Gasteiger partial charge on any atom is 0.247 e. The second-order valence-corrected chi connectivity index (χ2v) is 5.32. The molecule has 1 aromatic carbocycles. The van der Waals surface area contributed by atoms with E-state index in [0.717, 1.165) is 17.1 Å². The summed E-state index contributed by atoms with van der Waals surface area (Å²) in [6, 6.07) is 9.64. The van der Waals surface area contributed by atoms with Gasteiger partial charge in [-0.05, 0) is 18.6 Å². The van der Waals surface area contributed by atoms with E-state index in [9.17, 15) is 4.79 Å². The van der Waals surface area contributed by atoms with Crippen molar-refractivity contribution in [3.8, 4) is 0 Å². The number of nitrogens with one attached hydrogen (secondary N) is 1. The maximum absolute atomic E-state index is 12.5. The Bertz CT molecular complexity index is 664. The summed E-state index contributed by atoms with van der Waals surface area (Å²) in [7, 11) is 0. The molecule has 1 unspecified atom stereocenters. The van der Waals surface area contributed by atoms with Crippen LogP contribution >= 0.6 is 0 Å². The highest BCUT2D eigenvalue weighted by Gasteiger charge is 2.29. The highest BCUT2D eigenvalue weighted by molar-refractivity contribution is 5.92. The monoisotopic (exact) mass is 297 g/mol. The third-order valence-corrected chi connectivity index (χ3v) is 3.67. The number of amides is 1. The molecular formula is C17H19N3O2.